The largest absolute Gasteiger partial charge is 0.511 e. The van der Waals surface area contributed by atoms with Gasteiger partial charge in [-0.15, -0.1) is 12.4 Å². The lowest BCUT2D eigenvalue weighted by Gasteiger charge is -2.35. The Morgan fingerprint density at radius 2 is 2.00 bits per heavy atom. The van der Waals surface area contributed by atoms with Crippen molar-refractivity contribution in [2.75, 3.05) is 44.7 Å². The zero-order valence-corrected chi connectivity index (χ0v) is 17.8. The Kier molecular flexibility index (Phi) is 7.01. The minimum Gasteiger partial charge on any atom is -0.449 e. The van der Waals surface area contributed by atoms with Gasteiger partial charge in [0.1, 0.15) is 12.9 Å². The van der Waals surface area contributed by atoms with Crippen molar-refractivity contribution in [1.82, 2.24) is 9.47 Å². The molecule has 1 N–H and O–H groups in total. The maximum atomic E-state index is 15.0. The fourth-order valence-electron chi connectivity index (χ4n) is 3.79. The molecule has 9 nitrogen and oxygen atoms in total. The highest BCUT2D eigenvalue weighted by atomic mass is 35.5. The van der Waals surface area contributed by atoms with Crippen molar-refractivity contribution < 1.29 is 23.9 Å². The van der Waals surface area contributed by atoms with Gasteiger partial charge in [-0.1, -0.05) is 5.16 Å². The van der Waals surface area contributed by atoms with Gasteiger partial charge < -0.3 is 24.1 Å². The number of carboxylic acid groups (broad SMARTS) is 1. The summed E-state index contributed by atoms with van der Waals surface area (Å²) in [6.07, 6.45) is 3.37. The fraction of sp³-hybridized carbons (Fsp3) is 0.450. The number of fused-ring (bicyclic) bond motifs is 1. The quantitative estimate of drug-likeness (QED) is 0.407. The van der Waals surface area contributed by atoms with Gasteiger partial charge >= 0.3 is 6.16 Å². The van der Waals surface area contributed by atoms with Crippen LogP contribution in [-0.4, -0.2) is 66.8 Å². The zero-order chi connectivity index (χ0) is 21.3. The zero-order valence-electron chi connectivity index (χ0n) is 17.0. The standard InChI is InChI=1S/C20H23FN4O5.ClH/c1-29-22-4-5-23-6-8-24(9-7-23)17-11-16-14(10-15(17)21)19(26)18(30-20(27)28)12-25(16)13-2-3-13;/h4,10-13H,2-3,5-9H2,1H3,(H,27,28);1H. The number of aromatic nitrogens is 1. The molecule has 0 unspecified atom stereocenters. The number of hydrogen-bond donors (Lipinski definition) is 1. The first-order valence-electron chi connectivity index (χ1n) is 9.79. The van der Waals surface area contributed by atoms with E-state index in [2.05, 4.69) is 19.6 Å². The second kappa shape index (κ2) is 9.52. The predicted octanol–water partition coefficient (Wildman–Crippen LogP) is 2.71. The molecule has 168 valence electrons. The van der Waals surface area contributed by atoms with E-state index in [0.717, 1.165) is 25.9 Å². The van der Waals surface area contributed by atoms with Crippen LogP contribution in [0.2, 0.25) is 0 Å². The third-order valence-corrected chi connectivity index (χ3v) is 5.44. The van der Waals surface area contributed by atoms with E-state index in [4.69, 9.17) is 5.11 Å². The van der Waals surface area contributed by atoms with E-state index in [1.54, 1.807) is 12.3 Å². The molecule has 1 saturated heterocycles. The average Bonchev–Trinajstić information content (AvgIpc) is 3.56. The molecule has 2 aromatic rings. The fourth-order valence-corrected chi connectivity index (χ4v) is 3.79. The molecular formula is C20H24ClFN4O5. The summed E-state index contributed by atoms with van der Waals surface area (Å²) >= 11 is 0. The first-order chi connectivity index (χ1) is 14.5. The minimum atomic E-state index is -1.57. The Morgan fingerprint density at radius 3 is 2.61 bits per heavy atom. The highest BCUT2D eigenvalue weighted by molar-refractivity contribution is 5.85. The van der Waals surface area contributed by atoms with Crippen molar-refractivity contribution in [3.63, 3.8) is 0 Å². The Morgan fingerprint density at radius 1 is 1.29 bits per heavy atom. The lowest BCUT2D eigenvalue weighted by Crippen LogP contribution is -2.47. The first-order valence-corrected chi connectivity index (χ1v) is 9.79. The van der Waals surface area contributed by atoms with Gasteiger partial charge in [-0.25, -0.2) is 9.18 Å². The number of ether oxygens (including phenoxy) is 1. The monoisotopic (exact) mass is 454 g/mol. The molecule has 31 heavy (non-hydrogen) atoms. The topological polar surface area (TPSA) is 96.6 Å². The average molecular weight is 455 g/mol. The number of hydrogen-bond acceptors (Lipinski definition) is 7. The van der Waals surface area contributed by atoms with Crippen LogP contribution < -0.4 is 15.1 Å². The van der Waals surface area contributed by atoms with Crippen molar-refractivity contribution in [3.05, 3.63) is 34.4 Å². The molecule has 4 rings (SSSR count). The summed E-state index contributed by atoms with van der Waals surface area (Å²) < 4.78 is 21.4. The van der Waals surface area contributed by atoms with Gasteiger partial charge in [0.2, 0.25) is 5.43 Å². The second-order valence-corrected chi connectivity index (χ2v) is 7.41. The number of carbonyl (C=O) groups is 1. The van der Waals surface area contributed by atoms with Crippen molar-refractivity contribution in [1.29, 1.82) is 0 Å². The van der Waals surface area contributed by atoms with E-state index < -0.39 is 17.4 Å². The Labute approximate surface area is 184 Å². The summed E-state index contributed by atoms with van der Waals surface area (Å²) in [6.45, 7) is 3.42. The van der Waals surface area contributed by atoms with Crippen LogP contribution in [0.1, 0.15) is 18.9 Å². The minimum absolute atomic E-state index is 0. The lowest BCUT2D eigenvalue weighted by atomic mass is 10.1. The van der Waals surface area contributed by atoms with E-state index >= 15 is 0 Å². The molecule has 1 aliphatic heterocycles. The van der Waals surface area contributed by atoms with Crippen LogP contribution in [0.15, 0.2) is 28.3 Å². The molecule has 2 heterocycles. The van der Waals surface area contributed by atoms with Gasteiger partial charge in [0.15, 0.2) is 5.75 Å². The summed E-state index contributed by atoms with van der Waals surface area (Å²) in [6, 6.07) is 3.04. The van der Waals surface area contributed by atoms with E-state index in [9.17, 15) is 14.0 Å². The normalized spacial score (nSPS) is 17.0. The number of anilines is 1. The van der Waals surface area contributed by atoms with Crippen molar-refractivity contribution >= 4 is 41.4 Å². The smallest absolute Gasteiger partial charge is 0.449 e. The number of pyridine rings is 1. The summed E-state index contributed by atoms with van der Waals surface area (Å²) in [5.41, 5.74) is 0.400. The highest BCUT2D eigenvalue weighted by Gasteiger charge is 2.28. The van der Waals surface area contributed by atoms with Crippen molar-refractivity contribution in [2.45, 2.75) is 18.9 Å². The van der Waals surface area contributed by atoms with Crippen LogP contribution in [0.5, 0.6) is 5.75 Å². The van der Waals surface area contributed by atoms with Crippen molar-refractivity contribution in [3.8, 4) is 5.75 Å². The predicted molar refractivity (Wildman–Crippen MR) is 116 cm³/mol. The van der Waals surface area contributed by atoms with Gasteiger partial charge in [-0.2, -0.15) is 0 Å². The molecule has 2 aliphatic rings. The molecular weight excluding hydrogens is 431 g/mol. The molecule has 0 amide bonds. The number of halogens is 2. The molecule has 0 spiro atoms. The first kappa shape index (κ1) is 22.8. The number of rotatable bonds is 6. The molecule has 2 fully saturated rings. The highest BCUT2D eigenvalue weighted by Crippen LogP contribution is 2.39. The van der Waals surface area contributed by atoms with Gasteiger partial charge in [-0.3, -0.25) is 9.69 Å². The van der Waals surface area contributed by atoms with Gasteiger partial charge in [0, 0.05) is 38.8 Å². The van der Waals surface area contributed by atoms with Gasteiger partial charge in [0.05, 0.1) is 29.0 Å². The Bertz CT molecular complexity index is 1050. The maximum absolute atomic E-state index is 15.0. The maximum Gasteiger partial charge on any atom is 0.511 e. The molecule has 1 aromatic heterocycles. The van der Waals surface area contributed by atoms with Crippen LogP contribution in [0.4, 0.5) is 14.9 Å². The molecule has 1 aliphatic carbocycles. The van der Waals surface area contributed by atoms with E-state index in [1.807, 2.05) is 9.47 Å². The van der Waals surface area contributed by atoms with Crippen LogP contribution in [0, 0.1) is 5.82 Å². The van der Waals surface area contributed by atoms with Crippen molar-refractivity contribution in [2.24, 2.45) is 5.16 Å². The molecule has 0 bridgehead atoms. The Balaban J connectivity index is 0.00000272. The van der Waals surface area contributed by atoms with E-state index in [-0.39, 0.29) is 29.6 Å². The molecule has 0 radical (unpaired) electrons. The lowest BCUT2D eigenvalue weighted by molar-refractivity contribution is 0.143. The van der Waals surface area contributed by atoms with Gasteiger partial charge in [-0.05, 0) is 25.0 Å². The number of nitrogens with zero attached hydrogens (tertiary/aromatic N) is 4. The molecule has 1 aromatic carbocycles. The van der Waals surface area contributed by atoms with E-state index in [1.165, 1.54) is 19.4 Å². The molecule has 0 atom stereocenters. The summed E-state index contributed by atoms with van der Waals surface area (Å²) in [7, 11) is 1.49. The SMILES string of the molecule is CON=CCN1CCN(c2cc3c(cc2F)c(=O)c(OC(=O)O)cn3C2CC2)CC1.Cl. The van der Waals surface area contributed by atoms with Crippen LogP contribution in [0.3, 0.4) is 0 Å². The van der Waals surface area contributed by atoms with Crippen LogP contribution in [-0.2, 0) is 4.84 Å². The van der Waals surface area contributed by atoms with Crippen LogP contribution in [0.25, 0.3) is 10.9 Å². The third-order valence-electron chi connectivity index (χ3n) is 5.44. The summed E-state index contributed by atoms with van der Waals surface area (Å²) in [5, 5.41) is 12.8. The van der Waals surface area contributed by atoms with Crippen LogP contribution >= 0.6 is 12.4 Å². The molecule has 1 saturated carbocycles. The number of piperazine rings is 1. The second-order valence-electron chi connectivity index (χ2n) is 7.41. The number of oxime groups is 1. The van der Waals surface area contributed by atoms with Gasteiger partial charge in [0.25, 0.3) is 0 Å². The Hall–Kier alpha value is -2.85. The molecule has 11 heteroatoms. The summed E-state index contributed by atoms with van der Waals surface area (Å²) in [4.78, 5) is 32.4. The third kappa shape index (κ3) is 4.91. The number of benzene rings is 1. The summed E-state index contributed by atoms with van der Waals surface area (Å²) in [5.74, 6) is -0.816. The van der Waals surface area contributed by atoms with E-state index in [0.29, 0.717) is 30.8 Å².